The van der Waals surface area contributed by atoms with Gasteiger partial charge in [-0.25, -0.2) is 0 Å². The maximum Gasteiger partial charge on any atom is 0.302 e. The third kappa shape index (κ3) is 3.32. The fraction of sp³-hybridized carbons (Fsp3) is 0.0714. The molecule has 0 aliphatic heterocycles. The molecule has 2 rings (SSSR count). The predicted octanol–water partition coefficient (Wildman–Crippen LogP) is 1.84. The monoisotopic (exact) mass is 271 g/mol. The molecule has 6 heteroatoms. The van der Waals surface area contributed by atoms with Gasteiger partial charge in [0, 0.05) is 12.1 Å². The van der Waals surface area contributed by atoms with Crippen LogP contribution in [0.4, 0.5) is 6.01 Å². The van der Waals surface area contributed by atoms with Gasteiger partial charge in [-0.1, -0.05) is 24.3 Å². The van der Waals surface area contributed by atoms with Crippen LogP contribution < -0.4 is 10.6 Å². The van der Waals surface area contributed by atoms with Gasteiger partial charge in [-0.15, -0.1) is 6.58 Å². The minimum atomic E-state index is -0.395. The Morgan fingerprint density at radius 2 is 2.00 bits per heavy atom. The summed E-state index contributed by atoms with van der Waals surface area (Å²) in [5.74, 6) is -0.751. The highest BCUT2D eigenvalue weighted by Gasteiger charge is 2.13. The molecule has 0 bridgehead atoms. The van der Waals surface area contributed by atoms with Crippen LogP contribution in [0.15, 0.2) is 53.7 Å². The first-order valence-corrected chi connectivity index (χ1v) is 5.91. The summed E-state index contributed by atoms with van der Waals surface area (Å²) in [6, 6.07) is 8.61. The van der Waals surface area contributed by atoms with Crippen molar-refractivity contribution in [2.75, 3.05) is 11.9 Å². The molecular formula is C14H13N3O3. The van der Waals surface area contributed by atoms with Gasteiger partial charge in [0.25, 0.3) is 11.8 Å². The molecule has 0 atom stereocenters. The van der Waals surface area contributed by atoms with E-state index in [0.29, 0.717) is 12.1 Å². The molecule has 2 N–H and O–H groups in total. The summed E-state index contributed by atoms with van der Waals surface area (Å²) >= 11 is 0. The average molecular weight is 271 g/mol. The van der Waals surface area contributed by atoms with Crippen LogP contribution in [0.1, 0.15) is 20.8 Å². The zero-order valence-electron chi connectivity index (χ0n) is 10.6. The zero-order valence-corrected chi connectivity index (χ0v) is 10.6. The standard InChI is InChI=1S/C14H13N3O3/c1-2-8-15-13(19)11-9-20-14(16-11)17-12(18)10-6-4-3-5-7-10/h2-7,9H,1,8H2,(H,15,19)(H,16,17,18). The number of nitrogens with one attached hydrogen (secondary N) is 2. The van der Waals surface area contributed by atoms with E-state index in [-0.39, 0.29) is 17.6 Å². The van der Waals surface area contributed by atoms with E-state index in [2.05, 4.69) is 22.2 Å². The Kier molecular flexibility index (Phi) is 4.28. The first-order valence-electron chi connectivity index (χ1n) is 5.91. The van der Waals surface area contributed by atoms with Gasteiger partial charge >= 0.3 is 6.01 Å². The van der Waals surface area contributed by atoms with Crippen LogP contribution in [-0.4, -0.2) is 23.3 Å². The number of carbonyl (C=O) groups excluding carboxylic acids is 2. The van der Waals surface area contributed by atoms with Crippen molar-refractivity contribution in [3.05, 3.63) is 60.5 Å². The number of aromatic nitrogens is 1. The van der Waals surface area contributed by atoms with Gasteiger partial charge in [-0.05, 0) is 12.1 Å². The molecule has 0 unspecified atom stereocenters. The lowest BCUT2D eigenvalue weighted by molar-refractivity contribution is 0.0951. The molecule has 0 aliphatic rings. The molecule has 1 heterocycles. The van der Waals surface area contributed by atoms with Gasteiger partial charge in [0.15, 0.2) is 5.69 Å². The molecule has 1 aromatic heterocycles. The third-order valence-electron chi connectivity index (χ3n) is 2.40. The Morgan fingerprint density at radius 3 is 2.70 bits per heavy atom. The maximum atomic E-state index is 11.8. The van der Waals surface area contributed by atoms with Crippen molar-refractivity contribution in [2.45, 2.75) is 0 Å². The number of hydrogen-bond donors (Lipinski definition) is 2. The molecular weight excluding hydrogens is 258 g/mol. The van der Waals surface area contributed by atoms with Gasteiger partial charge < -0.3 is 9.73 Å². The number of hydrogen-bond acceptors (Lipinski definition) is 4. The summed E-state index contributed by atoms with van der Waals surface area (Å²) in [4.78, 5) is 27.3. The molecule has 0 radical (unpaired) electrons. The van der Waals surface area contributed by atoms with Crippen LogP contribution in [0.2, 0.25) is 0 Å². The Hall–Kier alpha value is -2.89. The molecule has 0 fully saturated rings. The van der Waals surface area contributed by atoms with Gasteiger partial charge in [0.05, 0.1) is 0 Å². The van der Waals surface area contributed by atoms with Crippen molar-refractivity contribution < 1.29 is 14.0 Å². The number of carbonyl (C=O) groups is 2. The highest BCUT2D eigenvalue weighted by atomic mass is 16.4. The van der Waals surface area contributed by atoms with Crippen molar-refractivity contribution in [1.29, 1.82) is 0 Å². The fourth-order valence-electron chi connectivity index (χ4n) is 1.45. The van der Waals surface area contributed by atoms with Crippen molar-refractivity contribution >= 4 is 17.8 Å². The first kappa shape index (κ1) is 13.5. The summed E-state index contributed by atoms with van der Waals surface area (Å²) < 4.78 is 5.03. The minimum Gasteiger partial charge on any atom is -0.431 e. The van der Waals surface area contributed by atoms with Crippen LogP contribution >= 0.6 is 0 Å². The SMILES string of the molecule is C=CCNC(=O)c1coc(NC(=O)c2ccccc2)n1. The smallest absolute Gasteiger partial charge is 0.302 e. The van der Waals surface area contributed by atoms with E-state index >= 15 is 0 Å². The average Bonchev–Trinajstić information content (AvgIpc) is 2.94. The maximum absolute atomic E-state index is 11.8. The predicted molar refractivity (Wildman–Crippen MR) is 73.4 cm³/mol. The van der Waals surface area contributed by atoms with Crippen LogP contribution in [0.25, 0.3) is 0 Å². The normalized spacial score (nSPS) is 9.80. The molecule has 102 valence electrons. The highest BCUT2D eigenvalue weighted by Crippen LogP contribution is 2.09. The Labute approximate surface area is 115 Å². The molecule has 2 amide bonds. The Bertz CT molecular complexity index is 620. The molecule has 6 nitrogen and oxygen atoms in total. The number of amides is 2. The lowest BCUT2D eigenvalue weighted by Gasteiger charge is -1.99. The topological polar surface area (TPSA) is 84.2 Å². The van der Waals surface area contributed by atoms with Crippen LogP contribution in [0.3, 0.4) is 0 Å². The molecule has 20 heavy (non-hydrogen) atoms. The Morgan fingerprint density at radius 1 is 1.25 bits per heavy atom. The summed E-state index contributed by atoms with van der Waals surface area (Å²) in [5.41, 5.74) is 0.568. The van der Waals surface area contributed by atoms with Crippen molar-refractivity contribution in [1.82, 2.24) is 10.3 Å². The third-order valence-corrected chi connectivity index (χ3v) is 2.40. The molecule has 1 aromatic carbocycles. The van der Waals surface area contributed by atoms with Crippen LogP contribution in [0, 0.1) is 0 Å². The second-order valence-corrected chi connectivity index (χ2v) is 3.86. The van der Waals surface area contributed by atoms with Gasteiger partial charge in [0.2, 0.25) is 0 Å². The summed E-state index contributed by atoms with van der Waals surface area (Å²) in [6.07, 6.45) is 2.73. The van der Waals surface area contributed by atoms with E-state index in [1.807, 2.05) is 6.07 Å². The summed E-state index contributed by atoms with van der Waals surface area (Å²) in [6.45, 7) is 3.82. The van der Waals surface area contributed by atoms with E-state index in [1.165, 1.54) is 6.26 Å². The molecule has 2 aromatic rings. The molecule has 0 saturated heterocycles. The lowest BCUT2D eigenvalue weighted by Crippen LogP contribution is -2.23. The van der Waals surface area contributed by atoms with Crippen molar-refractivity contribution in [3.63, 3.8) is 0 Å². The number of benzene rings is 1. The van der Waals surface area contributed by atoms with E-state index < -0.39 is 5.91 Å². The van der Waals surface area contributed by atoms with Crippen LogP contribution in [-0.2, 0) is 0 Å². The van der Waals surface area contributed by atoms with E-state index in [0.717, 1.165) is 0 Å². The van der Waals surface area contributed by atoms with Crippen molar-refractivity contribution in [2.24, 2.45) is 0 Å². The van der Waals surface area contributed by atoms with Crippen LogP contribution in [0.5, 0.6) is 0 Å². The number of oxazole rings is 1. The summed E-state index contributed by atoms with van der Waals surface area (Å²) in [7, 11) is 0. The fourth-order valence-corrected chi connectivity index (χ4v) is 1.45. The number of nitrogens with zero attached hydrogens (tertiary/aromatic N) is 1. The first-order chi connectivity index (χ1) is 9.70. The second kappa shape index (κ2) is 6.33. The second-order valence-electron chi connectivity index (χ2n) is 3.86. The lowest BCUT2D eigenvalue weighted by atomic mass is 10.2. The van der Waals surface area contributed by atoms with E-state index in [1.54, 1.807) is 30.3 Å². The largest absolute Gasteiger partial charge is 0.431 e. The molecule has 0 aliphatic carbocycles. The number of anilines is 1. The van der Waals surface area contributed by atoms with Gasteiger partial charge in [-0.2, -0.15) is 4.98 Å². The van der Waals surface area contributed by atoms with Gasteiger partial charge in [-0.3, -0.25) is 14.9 Å². The summed E-state index contributed by atoms with van der Waals surface area (Å²) in [5, 5.41) is 5.03. The molecule has 0 spiro atoms. The van der Waals surface area contributed by atoms with E-state index in [4.69, 9.17) is 4.42 Å². The van der Waals surface area contributed by atoms with Gasteiger partial charge in [0.1, 0.15) is 6.26 Å². The zero-order chi connectivity index (χ0) is 14.4. The van der Waals surface area contributed by atoms with E-state index in [9.17, 15) is 9.59 Å². The minimum absolute atomic E-state index is 0.0254. The molecule has 0 saturated carbocycles. The quantitative estimate of drug-likeness (QED) is 0.813. The number of rotatable bonds is 5. The Balaban J connectivity index is 2.01. The highest BCUT2D eigenvalue weighted by molar-refractivity contribution is 6.03. The van der Waals surface area contributed by atoms with Crippen molar-refractivity contribution in [3.8, 4) is 0 Å².